The number of rotatable bonds is 5. The van der Waals surface area contributed by atoms with Gasteiger partial charge in [0.2, 0.25) is 0 Å². The molecule has 3 N–H and O–H groups in total. The second-order valence-corrected chi connectivity index (χ2v) is 5.19. The third-order valence-electron chi connectivity index (χ3n) is 2.88. The first-order valence-electron chi connectivity index (χ1n) is 5.88. The van der Waals surface area contributed by atoms with Gasteiger partial charge in [-0.3, -0.25) is 4.79 Å². The van der Waals surface area contributed by atoms with Crippen LogP contribution in [0.25, 0.3) is 0 Å². The molecule has 1 fully saturated rings. The monoisotopic (exact) mass is 238 g/mol. The minimum absolute atomic E-state index is 0.161. The van der Waals surface area contributed by atoms with Crippen molar-refractivity contribution in [1.29, 1.82) is 0 Å². The zero-order valence-electron chi connectivity index (χ0n) is 9.80. The van der Waals surface area contributed by atoms with Crippen molar-refractivity contribution in [3.05, 3.63) is 10.4 Å². The van der Waals surface area contributed by atoms with E-state index in [1.807, 2.05) is 6.92 Å². The van der Waals surface area contributed by atoms with E-state index in [0.29, 0.717) is 12.3 Å². The molecule has 1 saturated carbocycles. The van der Waals surface area contributed by atoms with Crippen LogP contribution in [0.3, 0.4) is 0 Å². The highest BCUT2D eigenvalue weighted by molar-refractivity contribution is 7.18. The molecule has 16 heavy (non-hydrogen) atoms. The Kier molecular flexibility index (Phi) is 3.19. The lowest BCUT2D eigenvalue weighted by Crippen LogP contribution is -2.00. The van der Waals surface area contributed by atoms with Gasteiger partial charge in [0, 0.05) is 18.5 Å². The lowest BCUT2D eigenvalue weighted by Gasteiger charge is -2.03. The third kappa shape index (κ3) is 1.94. The third-order valence-corrected chi connectivity index (χ3v) is 4.10. The number of ketones is 1. The minimum Gasteiger partial charge on any atom is -0.397 e. The Labute approximate surface area is 100 Å². The lowest BCUT2D eigenvalue weighted by atomic mass is 10.1. The van der Waals surface area contributed by atoms with Crippen LogP contribution in [0.2, 0.25) is 0 Å². The van der Waals surface area contributed by atoms with Crippen LogP contribution in [-0.4, -0.2) is 12.3 Å². The second-order valence-electron chi connectivity index (χ2n) is 4.17. The van der Waals surface area contributed by atoms with Crippen LogP contribution in [-0.2, 0) is 0 Å². The molecule has 4 heteroatoms. The van der Waals surface area contributed by atoms with E-state index < -0.39 is 0 Å². The largest absolute Gasteiger partial charge is 0.397 e. The first kappa shape index (κ1) is 11.5. The zero-order chi connectivity index (χ0) is 11.7. The first-order valence-corrected chi connectivity index (χ1v) is 6.69. The highest BCUT2D eigenvalue weighted by Crippen LogP contribution is 2.50. The summed E-state index contributed by atoms with van der Waals surface area (Å²) in [4.78, 5) is 12.5. The lowest BCUT2D eigenvalue weighted by molar-refractivity contribution is 0.0993. The van der Waals surface area contributed by atoms with Crippen molar-refractivity contribution in [2.75, 3.05) is 17.6 Å². The van der Waals surface area contributed by atoms with E-state index in [2.05, 4.69) is 12.2 Å². The average Bonchev–Trinajstić information content (AvgIpc) is 3.04. The maximum absolute atomic E-state index is 11.7. The molecule has 3 nitrogen and oxygen atoms in total. The van der Waals surface area contributed by atoms with Crippen LogP contribution in [0.4, 0.5) is 10.7 Å². The molecule has 0 aromatic carbocycles. The molecule has 0 amide bonds. The van der Waals surface area contributed by atoms with E-state index in [-0.39, 0.29) is 5.78 Å². The Hall–Kier alpha value is -1.03. The number of thiophene rings is 1. The van der Waals surface area contributed by atoms with Gasteiger partial charge in [-0.1, -0.05) is 6.92 Å². The molecular weight excluding hydrogens is 220 g/mol. The summed E-state index contributed by atoms with van der Waals surface area (Å²) in [5.74, 6) is 0.747. The molecule has 1 aliphatic carbocycles. The molecule has 0 aliphatic heterocycles. The van der Waals surface area contributed by atoms with Crippen molar-refractivity contribution in [2.24, 2.45) is 0 Å². The van der Waals surface area contributed by atoms with Crippen LogP contribution in [0.1, 0.15) is 54.3 Å². The topological polar surface area (TPSA) is 55.1 Å². The second kappa shape index (κ2) is 4.45. The van der Waals surface area contributed by atoms with Crippen molar-refractivity contribution < 1.29 is 4.79 Å². The van der Waals surface area contributed by atoms with Crippen molar-refractivity contribution >= 4 is 27.8 Å². The van der Waals surface area contributed by atoms with Gasteiger partial charge in [0.15, 0.2) is 5.78 Å². The van der Waals surface area contributed by atoms with E-state index in [0.717, 1.165) is 22.1 Å². The standard InChI is InChI=1S/C12H18N2OS/c1-3-8(15)11-10(13)9(7-5-6-7)12(16-11)14-4-2/h7,14H,3-6,13H2,1-2H3. The summed E-state index contributed by atoms with van der Waals surface area (Å²) in [6.45, 7) is 4.82. The summed E-state index contributed by atoms with van der Waals surface area (Å²) in [5, 5.41) is 4.43. The minimum atomic E-state index is 0.161. The molecule has 1 aromatic rings. The molecule has 1 heterocycles. The average molecular weight is 238 g/mol. The molecule has 1 aromatic heterocycles. The van der Waals surface area contributed by atoms with Crippen LogP contribution < -0.4 is 11.1 Å². The van der Waals surface area contributed by atoms with Gasteiger partial charge >= 0.3 is 0 Å². The molecular formula is C12H18N2OS. The maximum Gasteiger partial charge on any atom is 0.174 e. The van der Waals surface area contributed by atoms with Gasteiger partial charge in [0.05, 0.1) is 15.6 Å². The van der Waals surface area contributed by atoms with Gasteiger partial charge in [-0.15, -0.1) is 11.3 Å². The number of carbonyl (C=O) groups is 1. The SMILES string of the molecule is CCNc1sc(C(=O)CC)c(N)c1C1CC1. The van der Waals surface area contributed by atoms with Gasteiger partial charge in [0.25, 0.3) is 0 Å². The Balaban J connectivity index is 2.40. The smallest absolute Gasteiger partial charge is 0.174 e. The van der Waals surface area contributed by atoms with Crippen molar-refractivity contribution in [2.45, 2.75) is 39.0 Å². The van der Waals surface area contributed by atoms with E-state index in [1.165, 1.54) is 29.7 Å². The zero-order valence-corrected chi connectivity index (χ0v) is 10.6. The Morgan fingerprint density at radius 3 is 2.69 bits per heavy atom. The van der Waals surface area contributed by atoms with Crippen LogP contribution in [0, 0.1) is 0 Å². The van der Waals surface area contributed by atoms with Gasteiger partial charge in [-0.25, -0.2) is 0 Å². The van der Waals surface area contributed by atoms with Crippen molar-refractivity contribution in [3.8, 4) is 0 Å². The van der Waals surface area contributed by atoms with Gasteiger partial charge in [0.1, 0.15) is 0 Å². The van der Waals surface area contributed by atoms with Gasteiger partial charge < -0.3 is 11.1 Å². The molecule has 0 saturated heterocycles. The van der Waals surface area contributed by atoms with E-state index in [1.54, 1.807) is 0 Å². The molecule has 0 unspecified atom stereocenters. The van der Waals surface area contributed by atoms with Gasteiger partial charge in [-0.05, 0) is 25.7 Å². The Bertz CT molecular complexity index is 407. The molecule has 2 rings (SSSR count). The number of hydrogen-bond donors (Lipinski definition) is 2. The fourth-order valence-corrected chi connectivity index (χ4v) is 3.18. The highest BCUT2D eigenvalue weighted by Gasteiger charge is 2.32. The molecule has 1 aliphatic rings. The predicted molar refractivity (Wildman–Crippen MR) is 69.5 cm³/mol. The normalized spacial score (nSPS) is 15.1. The number of nitrogen functional groups attached to an aromatic ring is 1. The number of carbonyl (C=O) groups excluding carboxylic acids is 1. The summed E-state index contributed by atoms with van der Waals surface area (Å²) in [7, 11) is 0. The molecule has 0 spiro atoms. The fourth-order valence-electron chi connectivity index (χ4n) is 1.89. The fraction of sp³-hybridized carbons (Fsp3) is 0.583. The van der Waals surface area contributed by atoms with Crippen LogP contribution in [0.5, 0.6) is 0 Å². The van der Waals surface area contributed by atoms with Crippen LogP contribution >= 0.6 is 11.3 Å². The predicted octanol–water partition coefficient (Wildman–Crippen LogP) is 3.23. The first-order chi connectivity index (χ1) is 7.69. The molecule has 88 valence electrons. The Morgan fingerprint density at radius 1 is 1.50 bits per heavy atom. The van der Waals surface area contributed by atoms with E-state index >= 15 is 0 Å². The number of nitrogens with one attached hydrogen (secondary N) is 1. The number of anilines is 2. The summed E-state index contributed by atoms with van der Waals surface area (Å²) >= 11 is 1.53. The number of hydrogen-bond acceptors (Lipinski definition) is 4. The highest BCUT2D eigenvalue weighted by atomic mass is 32.1. The van der Waals surface area contributed by atoms with E-state index in [9.17, 15) is 4.79 Å². The van der Waals surface area contributed by atoms with Crippen molar-refractivity contribution in [1.82, 2.24) is 0 Å². The number of nitrogens with two attached hydrogens (primary N) is 1. The Morgan fingerprint density at radius 2 is 2.19 bits per heavy atom. The molecule has 0 bridgehead atoms. The van der Waals surface area contributed by atoms with Gasteiger partial charge in [-0.2, -0.15) is 0 Å². The summed E-state index contributed by atoms with van der Waals surface area (Å²) in [6, 6.07) is 0. The molecule has 0 radical (unpaired) electrons. The molecule has 0 atom stereocenters. The summed E-state index contributed by atoms with van der Waals surface area (Å²) < 4.78 is 0. The van der Waals surface area contributed by atoms with Crippen LogP contribution in [0.15, 0.2) is 0 Å². The number of Topliss-reactive ketones (excluding diaryl/α,β-unsaturated/α-hetero) is 1. The van der Waals surface area contributed by atoms with E-state index in [4.69, 9.17) is 5.73 Å². The quantitative estimate of drug-likeness (QED) is 0.774. The summed E-state index contributed by atoms with van der Waals surface area (Å²) in [6.07, 6.45) is 2.94. The maximum atomic E-state index is 11.7. The summed E-state index contributed by atoms with van der Waals surface area (Å²) in [5.41, 5.74) is 8.03. The van der Waals surface area contributed by atoms with Crippen molar-refractivity contribution in [3.63, 3.8) is 0 Å².